The van der Waals surface area contributed by atoms with Gasteiger partial charge in [-0.1, -0.05) is 26.0 Å². The molecule has 0 saturated carbocycles. The zero-order valence-electron chi connectivity index (χ0n) is 16.4. The van der Waals surface area contributed by atoms with Gasteiger partial charge in [0, 0.05) is 24.4 Å². The lowest BCUT2D eigenvalue weighted by Crippen LogP contribution is -2.42. The number of aliphatic hydroxyl groups is 1. The largest absolute Gasteiger partial charge is 0.415 e. The number of allylic oxidation sites excluding steroid dienone is 1. The van der Waals surface area contributed by atoms with Crippen LogP contribution in [0.3, 0.4) is 0 Å². The van der Waals surface area contributed by atoms with E-state index in [1.807, 2.05) is 40.7 Å². The minimum absolute atomic E-state index is 0.0504. The first-order valence-electron chi connectivity index (χ1n) is 9.10. The Bertz CT molecular complexity index is 471. The number of carbonyl (C=O) groups excluding carboxylic acids is 1. The van der Waals surface area contributed by atoms with E-state index in [2.05, 4.69) is 20.4 Å². The van der Waals surface area contributed by atoms with Gasteiger partial charge in [-0.2, -0.15) is 0 Å². The van der Waals surface area contributed by atoms with E-state index in [1.165, 1.54) is 0 Å². The summed E-state index contributed by atoms with van der Waals surface area (Å²) in [5.74, 6) is 1.45. The standard InChI is InChI=1S/C20H35NO3/c1-12(2)17-10-9-16(11-18(17)19(22)13(3)4)24-20(23)21(14(5)6)15(7)8/h11-12,14-15,17-19,22H,3,9-10H2,1-2,4-8H3/t17-,18+,19-/m1/s1. The Morgan fingerprint density at radius 3 is 2.21 bits per heavy atom. The number of aliphatic hydroxyl groups excluding tert-OH is 1. The van der Waals surface area contributed by atoms with E-state index in [0.29, 0.717) is 17.6 Å². The molecule has 1 aliphatic rings. The van der Waals surface area contributed by atoms with Gasteiger partial charge in [0.05, 0.1) is 6.10 Å². The van der Waals surface area contributed by atoms with E-state index in [0.717, 1.165) is 18.4 Å². The van der Waals surface area contributed by atoms with Crippen molar-refractivity contribution in [2.75, 3.05) is 0 Å². The fraction of sp³-hybridized carbons (Fsp3) is 0.750. The monoisotopic (exact) mass is 337 g/mol. The third-order valence-corrected chi connectivity index (χ3v) is 4.86. The van der Waals surface area contributed by atoms with E-state index in [1.54, 1.807) is 4.90 Å². The molecule has 138 valence electrons. The molecule has 0 unspecified atom stereocenters. The average Bonchev–Trinajstić information content (AvgIpc) is 2.44. The van der Waals surface area contributed by atoms with Gasteiger partial charge in [0.2, 0.25) is 0 Å². The molecule has 0 aromatic rings. The number of nitrogens with zero attached hydrogens (tertiary/aromatic N) is 1. The summed E-state index contributed by atoms with van der Waals surface area (Å²) in [6.45, 7) is 18.0. The number of carbonyl (C=O) groups is 1. The lowest BCUT2D eigenvalue weighted by Gasteiger charge is -2.36. The lowest BCUT2D eigenvalue weighted by molar-refractivity contribution is 0.0755. The quantitative estimate of drug-likeness (QED) is 0.712. The van der Waals surface area contributed by atoms with Crippen molar-refractivity contribution in [2.24, 2.45) is 17.8 Å². The molecule has 1 N–H and O–H groups in total. The van der Waals surface area contributed by atoms with Gasteiger partial charge < -0.3 is 14.7 Å². The van der Waals surface area contributed by atoms with Gasteiger partial charge in [-0.3, -0.25) is 0 Å². The topological polar surface area (TPSA) is 49.8 Å². The van der Waals surface area contributed by atoms with Crippen LogP contribution in [0.5, 0.6) is 0 Å². The molecule has 1 aliphatic carbocycles. The highest BCUT2D eigenvalue weighted by Crippen LogP contribution is 2.38. The van der Waals surface area contributed by atoms with Crippen LogP contribution in [0.25, 0.3) is 0 Å². The Morgan fingerprint density at radius 2 is 1.79 bits per heavy atom. The van der Waals surface area contributed by atoms with Crippen molar-refractivity contribution in [3.8, 4) is 0 Å². The number of rotatable bonds is 6. The molecule has 0 aliphatic heterocycles. The Labute approximate surface area is 147 Å². The molecule has 0 aromatic carbocycles. The fourth-order valence-corrected chi connectivity index (χ4v) is 3.62. The predicted octanol–water partition coefficient (Wildman–Crippen LogP) is 4.74. The third-order valence-electron chi connectivity index (χ3n) is 4.86. The summed E-state index contributed by atoms with van der Waals surface area (Å²) < 4.78 is 5.67. The van der Waals surface area contributed by atoms with E-state index in [9.17, 15) is 9.90 Å². The molecule has 3 atom stereocenters. The molecule has 0 radical (unpaired) electrons. The highest BCUT2D eigenvalue weighted by atomic mass is 16.6. The first-order valence-corrected chi connectivity index (χ1v) is 9.10. The minimum Gasteiger partial charge on any atom is -0.415 e. The van der Waals surface area contributed by atoms with Crippen molar-refractivity contribution < 1.29 is 14.6 Å². The second-order valence-corrected chi connectivity index (χ2v) is 7.91. The van der Waals surface area contributed by atoms with Gasteiger partial charge in [0.15, 0.2) is 0 Å². The minimum atomic E-state index is -0.599. The normalized spacial score (nSPS) is 22.5. The van der Waals surface area contributed by atoms with Crippen LogP contribution >= 0.6 is 0 Å². The molecule has 1 rings (SSSR count). The molecule has 24 heavy (non-hydrogen) atoms. The highest BCUT2D eigenvalue weighted by Gasteiger charge is 2.34. The van der Waals surface area contributed by atoms with Crippen LogP contribution in [-0.2, 0) is 4.74 Å². The Hall–Kier alpha value is -1.29. The molecule has 0 fully saturated rings. The Balaban J connectivity index is 2.97. The molecular weight excluding hydrogens is 302 g/mol. The number of ether oxygens (including phenoxy) is 1. The van der Waals surface area contributed by atoms with E-state index in [-0.39, 0.29) is 24.1 Å². The second-order valence-electron chi connectivity index (χ2n) is 7.91. The predicted molar refractivity (Wildman–Crippen MR) is 98.5 cm³/mol. The maximum absolute atomic E-state index is 12.5. The second kappa shape index (κ2) is 8.70. The maximum Gasteiger partial charge on any atom is 0.415 e. The number of hydrogen-bond donors (Lipinski definition) is 1. The molecule has 0 spiro atoms. The van der Waals surface area contributed by atoms with Crippen molar-refractivity contribution in [1.29, 1.82) is 0 Å². The molecule has 0 saturated heterocycles. The van der Waals surface area contributed by atoms with Crippen molar-refractivity contribution in [3.63, 3.8) is 0 Å². The van der Waals surface area contributed by atoms with E-state index in [4.69, 9.17) is 4.74 Å². The van der Waals surface area contributed by atoms with Crippen LogP contribution in [0, 0.1) is 17.8 Å². The summed E-state index contributed by atoms with van der Waals surface area (Å²) in [6.07, 6.45) is 2.69. The molecule has 4 heteroatoms. The SMILES string of the molecule is C=C(C)[C@@H](O)[C@H]1C=C(OC(=O)N(C(C)C)C(C)C)CC[C@@H]1C(C)C. The molecular formula is C20H35NO3. The summed E-state index contributed by atoms with van der Waals surface area (Å²) in [5, 5.41) is 10.5. The zero-order chi connectivity index (χ0) is 18.6. The van der Waals surface area contributed by atoms with Gasteiger partial charge in [0.1, 0.15) is 5.76 Å². The fourth-order valence-electron chi connectivity index (χ4n) is 3.62. The molecule has 0 aromatic heterocycles. The van der Waals surface area contributed by atoms with Crippen LogP contribution in [0.15, 0.2) is 24.0 Å². The van der Waals surface area contributed by atoms with Crippen LogP contribution in [0.4, 0.5) is 4.79 Å². The van der Waals surface area contributed by atoms with E-state index < -0.39 is 6.10 Å². The van der Waals surface area contributed by atoms with Gasteiger partial charge in [0.25, 0.3) is 0 Å². The van der Waals surface area contributed by atoms with Crippen LogP contribution in [0.1, 0.15) is 61.3 Å². The first-order chi connectivity index (χ1) is 11.1. The van der Waals surface area contributed by atoms with Crippen LogP contribution in [0.2, 0.25) is 0 Å². The van der Waals surface area contributed by atoms with Gasteiger partial charge in [-0.25, -0.2) is 4.79 Å². The van der Waals surface area contributed by atoms with Gasteiger partial charge in [-0.05, 0) is 59.0 Å². The molecule has 1 amide bonds. The van der Waals surface area contributed by atoms with Crippen molar-refractivity contribution in [3.05, 3.63) is 24.0 Å². The Kier molecular flexibility index (Phi) is 7.53. The molecule has 4 nitrogen and oxygen atoms in total. The summed E-state index contributed by atoms with van der Waals surface area (Å²) in [5.41, 5.74) is 0.750. The van der Waals surface area contributed by atoms with Crippen molar-refractivity contribution in [2.45, 2.75) is 79.5 Å². The first kappa shape index (κ1) is 20.8. The van der Waals surface area contributed by atoms with Crippen molar-refractivity contribution in [1.82, 2.24) is 4.90 Å². The van der Waals surface area contributed by atoms with Crippen LogP contribution in [-0.4, -0.2) is 34.3 Å². The summed E-state index contributed by atoms with van der Waals surface area (Å²) in [6, 6.07) is 0.170. The summed E-state index contributed by atoms with van der Waals surface area (Å²) in [7, 11) is 0. The third kappa shape index (κ3) is 5.10. The molecule has 0 heterocycles. The summed E-state index contributed by atoms with van der Waals surface area (Å²) >= 11 is 0. The smallest absolute Gasteiger partial charge is 0.415 e. The maximum atomic E-state index is 12.5. The number of amides is 1. The van der Waals surface area contributed by atoms with Crippen LogP contribution < -0.4 is 0 Å². The highest BCUT2D eigenvalue weighted by molar-refractivity contribution is 5.69. The average molecular weight is 338 g/mol. The van der Waals surface area contributed by atoms with E-state index >= 15 is 0 Å². The number of hydrogen-bond acceptors (Lipinski definition) is 3. The zero-order valence-corrected chi connectivity index (χ0v) is 16.4. The van der Waals surface area contributed by atoms with Gasteiger partial charge in [-0.15, -0.1) is 0 Å². The molecule has 0 bridgehead atoms. The van der Waals surface area contributed by atoms with Gasteiger partial charge >= 0.3 is 6.09 Å². The Morgan fingerprint density at radius 1 is 1.25 bits per heavy atom. The van der Waals surface area contributed by atoms with Crippen molar-refractivity contribution >= 4 is 6.09 Å². The lowest BCUT2D eigenvalue weighted by atomic mass is 9.73. The summed E-state index contributed by atoms with van der Waals surface area (Å²) in [4.78, 5) is 14.2.